The average molecular weight is 403 g/mol. The molecule has 1 aromatic rings. The molecule has 1 aromatic carbocycles. The number of esters is 2. The van der Waals surface area contributed by atoms with Crippen molar-refractivity contribution in [3.63, 3.8) is 0 Å². The van der Waals surface area contributed by atoms with Crippen LogP contribution in [0.1, 0.15) is 53.8 Å². The number of fused-ring (bicyclic) bond motifs is 2. The van der Waals surface area contributed by atoms with E-state index in [4.69, 9.17) is 9.47 Å². The number of carboxylic acids is 1. The molecule has 8 nitrogen and oxygen atoms in total. The summed E-state index contributed by atoms with van der Waals surface area (Å²) in [6.45, 7) is 3.68. The molecule has 2 aliphatic carbocycles. The summed E-state index contributed by atoms with van der Waals surface area (Å²) in [5.74, 6) is -4.01. The molecule has 0 aliphatic heterocycles. The Morgan fingerprint density at radius 2 is 1.62 bits per heavy atom. The Labute approximate surface area is 168 Å². The predicted molar refractivity (Wildman–Crippen MR) is 102 cm³/mol. The van der Waals surface area contributed by atoms with Gasteiger partial charge in [-0.3, -0.25) is 9.59 Å². The van der Waals surface area contributed by atoms with E-state index < -0.39 is 35.7 Å². The van der Waals surface area contributed by atoms with Gasteiger partial charge in [0.2, 0.25) is 5.91 Å². The van der Waals surface area contributed by atoms with Crippen LogP contribution < -0.4 is 5.32 Å². The topological polar surface area (TPSA) is 119 Å². The molecule has 2 aliphatic rings. The summed E-state index contributed by atoms with van der Waals surface area (Å²) in [5.41, 5.74) is 0.395. The fourth-order valence-electron chi connectivity index (χ4n) is 4.62. The largest absolute Gasteiger partial charge is 0.481 e. The first-order valence-electron chi connectivity index (χ1n) is 9.89. The molecule has 4 atom stereocenters. The Bertz CT molecular complexity index is 834. The quantitative estimate of drug-likeness (QED) is 0.672. The number of carbonyl (C=O) groups is 4. The number of carbonyl (C=O) groups excluding carboxylic acids is 3. The molecule has 156 valence electrons. The molecular formula is C21H25NO7. The second-order valence-corrected chi connectivity index (χ2v) is 7.41. The Kier molecular flexibility index (Phi) is 6.20. The lowest BCUT2D eigenvalue weighted by molar-refractivity contribution is -0.148. The van der Waals surface area contributed by atoms with E-state index in [9.17, 15) is 24.3 Å². The third-order valence-corrected chi connectivity index (χ3v) is 5.79. The lowest BCUT2D eigenvalue weighted by atomic mass is 9.78. The summed E-state index contributed by atoms with van der Waals surface area (Å²) >= 11 is 0. The SMILES string of the molecule is CCOC(=O)c1ccc(C(=O)OCC)c(NC(=O)[C@H]2[C@H]3CC[C@@H](C3)[C@@H]2C(=O)O)c1. The third-order valence-electron chi connectivity index (χ3n) is 5.79. The number of amides is 1. The van der Waals surface area contributed by atoms with Crippen LogP contribution in [0.2, 0.25) is 0 Å². The van der Waals surface area contributed by atoms with Crippen molar-refractivity contribution in [2.75, 3.05) is 18.5 Å². The van der Waals surface area contributed by atoms with Gasteiger partial charge in [-0.05, 0) is 63.1 Å². The molecule has 0 aromatic heterocycles. The number of anilines is 1. The summed E-state index contributed by atoms with van der Waals surface area (Å²) in [5, 5.41) is 12.3. The summed E-state index contributed by atoms with van der Waals surface area (Å²) < 4.78 is 10.0. The van der Waals surface area contributed by atoms with Crippen molar-refractivity contribution in [1.82, 2.24) is 0 Å². The Hall–Kier alpha value is -2.90. The molecule has 0 radical (unpaired) electrons. The Morgan fingerprint density at radius 3 is 2.24 bits per heavy atom. The first-order valence-corrected chi connectivity index (χ1v) is 9.89. The zero-order chi connectivity index (χ0) is 21.1. The first-order chi connectivity index (χ1) is 13.9. The number of aliphatic carboxylic acids is 1. The van der Waals surface area contributed by atoms with Gasteiger partial charge in [0.25, 0.3) is 0 Å². The van der Waals surface area contributed by atoms with Gasteiger partial charge < -0.3 is 19.9 Å². The van der Waals surface area contributed by atoms with Crippen molar-refractivity contribution in [1.29, 1.82) is 0 Å². The van der Waals surface area contributed by atoms with Gasteiger partial charge >= 0.3 is 17.9 Å². The maximum absolute atomic E-state index is 13.0. The van der Waals surface area contributed by atoms with Crippen LogP contribution in [0.5, 0.6) is 0 Å². The number of carboxylic acid groups (broad SMARTS) is 1. The van der Waals surface area contributed by atoms with E-state index in [1.165, 1.54) is 18.2 Å². The van der Waals surface area contributed by atoms with Crippen LogP contribution in [0.3, 0.4) is 0 Å². The Balaban J connectivity index is 1.90. The first kappa shape index (κ1) is 20.8. The van der Waals surface area contributed by atoms with Gasteiger partial charge in [-0.15, -0.1) is 0 Å². The minimum absolute atomic E-state index is 0.00337. The van der Waals surface area contributed by atoms with E-state index in [2.05, 4.69) is 5.32 Å². The predicted octanol–water partition coefficient (Wildman–Crippen LogP) is 2.73. The summed E-state index contributed by atoms with van der Waals surface area (Å²) in [7, 11) is 0. The fraction of sp³-hybridized carbons (Fsp3) is 0.524. The molecule has 0 unspecified atom stereocenters. The minimum Gasteiger partial charge on any atom is -0.481 e. The smallest absolute Gasteiger partial charge is 0.340 e. The summed E-state index contributed by atoms with van der Waals surface area (Å²) in [6, 6.07) is 4.19. The molecule has 0 saturated heterocycles. The average Bonchev–Trinajstić information content (AvgIpc) is 3.29. The summed E-state index contributed by atoms with van der Waals surface area (Å²) in [6.07, 6.45) is 2.36. The van der Waals surface area contributed by atoms with Crippen LogP contribution in [0.15, 0.2) is 18.2 Å². The molecule has 3 rings (SSSR count). The zero-order valence-electron chi connectivity index (χ0n) is 16.5. The highest BCUT2D eigenvalue weighted by atomic mass is 16.5. The molecular weight excluding hydrogens is 378 g/mol. The number of rotatable bonds is 7. The highest BCUT2D eigenvalue weighted by molar-refractivity contribution is 6.04. The van der Waals surface area contributed by atoms with E-state index >= 15 is 0 Å². The van der Waals surface area contributed by atoms with Crippen LogP contribution in [-0.2, 0) is 19.1 Å². The van der Waals surface area contributed by atoms with Gasteiger partial charge in [0, 0.05) is 0 Å². The number of benzene rings is 1. The van der Waals surface area contributed by atoms with Crippen LogP contribution in [-0.4, -0.2) is 42.1 Å². The maximum atomic E-state index is 13.0. The van der Waals surface area contributed by atoms with Crippen molar-refractivity contribution >= 4 is 29.5 Å². The van der Waals surface area contributed by atoms with Gasteiger partial charge in [-0.1, -0.05) is 0 Å². The highest BCUT2D eigenvalue weighted by Crippen LogP contribution is 2.52. The van der Waals surface area contributed by atoms with Crippen LogP contribution >= 0.6 is 0 Å². The van der Waals surface area contributed by atoms with Crippen LogP contribution in [0.25, 0.3) is 0 Å². The summed E-state index contributed by atoms with van der Waals surface area (Å²) in [4.78, 5) is 49.1. The van der Waals surface area contributed by atoms with Crippen molar-refractivity contribution in [3.05, 3.63) is 29.3 Å². The normalized spacial score (nSPS) is 24.8. The van der Waals surface area contributed by atoms with Gasteiger partial charge in [-0.2, -0.15) is 0 Å². The lowest BCUT2D eigenvalue weighted by Gasteiger charge is -2.27. The van der Waals surface area contributed by atoms with E-state index in [0.717, 1.165) is 19.3 Å². The standard InChI is InChI=1S/C21H25NO7/c1-3-28-20(26)13-7-8-14(21(27)29-4-2)15(10-13)22-18(23)16-11-5-6-12(9-11)17(16)19(24)25/h7-8,10-12,16-17H,3-6,9H2,1-2H3,(H,22,23)(H,24,25)/t11-,12-,16-,17-/m0/s1. The maximum Gasteiger partial charge on any atom is 0.340 e. The molecule has 2 N–H and O–H groups in total. The molecule has 29 heavy (non-hydrogen) atoms. The minimum atomic E-state index is -0.969. The lowest BCUT2D eigenvalue weighted by Crippen LogP contribution is -2.38. The highest BCUT2D eigenvalue weighted by Gasteiger charge is 2.54. The van der Waals surface area contributed by atoms with Crippen molar-refractivity contribution < 1.29 is 33.8 Å². The number of nitrogens with one attached hydrogen (secondary N) is 1. The van der Waals surface area contributed by atoms with Gasteiger partial charge in [0.15, 0.2) is 0 Å². The molecule has 8 heteroatoms. The van der Waals surface area contributed by atoms with E-state index in [-0.39, 0.29) is 41.9 Å². The molecule has 0 spiro atoms. The van der Waals surface area contributed by atoms with Gasteiger partial charge in [0.05, 0.1) is 41.9 Å². The van der Waals surface area contributed by atoms with E-state index in [1.54, 1.807) is 13.8 Å². The van der Waals surface area contributed by atoms with E-state index in [1.807, 2.05) is 0 Å². The van der Waals surface area contributed by atoms with Crippen LogP contribution in [0.4, 0.5) is 5.69 Å². The van der Waals surface area contributed by atoms with Crippen molar-refractivity contribution in [3.8, 4) is 0 Å². The number of hydrogen-bond acceptors (Lipinski definition) is 6. The molecule has 0 heterocycles. The molecule has 2 saturated carbocycles. The number of hydrogen-bond donors (Lipinski definition) is 2. The van der Waals surface area contributed by atoms with Crippen molar-refractivity contribution in [2.45, 2.75) is 33.1 Å². The second kappa shape index (κ2) is 8.63. The van der Waals surface area contributed by atoms with Crippen LogP contribution in [0, 0.1) is 23.7 Å². The third kappa shape index (κ3) is 4.11. The Morgan fingerprint density at radius 1 is 1.00 bits per heavy atom. The zero-order valence-corrected chi connectivity index (χ0v) is 16.5. The van der Waals surface area contributed by atoms with Gasteiger partial charge in [-0.25, -0.2) is 9.59 Å². The fourth-order valence-corrected chi connectivity index (χ4v) is 4.62. The molecule has 1 amide bonds. The number of ether oxygens (including phenoxy) is 2. The monoisotopic (exact) mass is 403 g/mol. The van der Waals surface area contributed by atoms with Gasteiger partial charge in [0.1, 0.15) is 0 Å². The molecule has 2 bridgehead atoms. The van der Waals surface area contributed by atoms with Crippen molar-refractivity contribution in [2.24, 2.45) is 23.7 Å². The molecule has 2 fully saturated rings. The second-order valence-electron chi connectivity index (χ2n) is 7.41. The van der Waals surface area contributed by atoms with E-state index in [0.29, 0.717) is 0 Å².